The number of nitrogens with zero attached hydrogens (tertiary/aromatic N) is 3. The lowest BCUT2D eigenvalue weighted by molar-refractivity contribution is -0.116. The highest BCUT2D eigenvalue weighted by Gasteiger charge is 2.48. The number of carbonyl (C=O) groups is 2. The Balaban J connectivity index is 1.35. The molecule has 0 aliphatic carbocycles. The Labute approximate surface area is 218 Å². The molecule has 36 heavy (non-hydrogen) atoms. The highest BCUT2D eigenvalue weighted by molar-refractivity contribution is 8.27. The Kier molecular flexibility index (Phi) is 5.55. The van der Waals surface area contributed by atoms with Crippen LogP contribution in [-0.4, -0.2) is 59.3 Å². The van der Waals surface area contributed by atoms with Crippen LogP contribution in [0.1, 0.15) is 25.0 Å². The first-order valence-corrected chi connectivity index (χ1v) is 13.2. The van der Waals surface area contributed by atoms with E-state index in [-0.39, 0.29) is 16.4 Å². The van der Waals surface area contributed by atoms with Crippen molar-refractivity contribution in [2.24, 2.45) is 0 Å². The van der Waals surface area contributed by atoms with Crippen molar-refractivity contribution in [1.29, 1.82) is 0 Å². The molecule has 0 radical (unpaired) electrons. The quantitative estimate of drug-likeness (QED) is 0.487. The minimum Gasteiger partial charge on any atom is -0.369 e. The first-order chi connectivity index (χ1) is 17.2. The van der Waals surface area contributed by atoms with Gasteiger partial charge in [0.2, 0.25) is 0 Å². The number of piperazine rings is 1. The number of hydrogen-bond donors (Lipinski definition) is 1. The van der Waals surface area contributed by atoms with Crippen molar-refractivity contribution in [2.75, 3.05) is 42.5 Å². The summed E-state index contributed by atoms with van der Waals surface area (Å²) >= 11 is 6.20. The molecule has 0 aromatic heterocycles. The number of rotatable bonds is 3. The third kappa shape index (κ3) is 3.77. The van der Waals surface area contributed by atoms with Gasteiger partial charge in [-0.3, -0.25) is 19.4 Å². The van der Waals surface area contributed by atoms with Crippen LogP contribution in [0.2, 0.25) is 0 Å². The molecule has 6 rings (SSSR count). The van der Waals surface area contributed by atoms with Crippen LogP contribution in [0, 0.1) is 5.82 Å². The van der Waals surface area contributed by atoms with Crippen molar-refractivity contribution in [3.63, 3.8) is 0 Å². The van der Waals surface area contributed by atoms with Gasteiger partial charge in [0.05, 0.1) is 21.7 Å². The average molecular weight is 521 g/mol. The molecule has 0 saturated carbocycles. The standard InChI is InChI=1S/C27H25FN4O2S2/c1-27(2)14-16(15-30-8-10-31(11-9-30)18-6-4-3-5-7-18)19-12-17(28)13-20-21(25(34)32(27)22(19)20)23-24(33)29-26(35)36-23/h3-7,12-14H,8-11,15H2,1-2H3,(H,29,33,35)/b23-21-. The van der Waals surface area contributed by atoms with Crippen LogP contribution < -0.4 is 15.1 Å². The summed E-state index contributed by atoms with van der Waals surface area (Å²) in [5.74, 6) is -1.13. The molecule has 2 saturated heterocycles. The Hall–Kier alpha value is -3.01. The Morgan fingerprint density at radius 1 is 1.06 bits per heavy atom. The fourth-order valence-electron chi connectivity index (χ4n) is 5.60. The van der Waals surface area contributed by atoms with Crippen LogP contribution in [-0.2, 0) is 9.59 Å². The zero-order valence-corrected chi connectivity index (χ0v) is 21.6. The molecule has 4 heterocycles. The van der Waals surface area contributed by atoms with Crippen molar-refractivity contribution in [2.45, 2.75) is 19.4 Å². The van der Waals surface area contributed by atoms with Gasteiger partial charge in [-0.25, -0.2) is 4.39 Å². The smallest absolute Gasteiger partial charge is 0.264 e. The van der Waals surface area contributed by atoms with Crippen LogP contribution >= 0.6 is 24.0 Å². The Morgan fingerprint density at radius 2 is 1.75 bits per heavy atom. The lowest BCUT2D eigenvalue weighted by atomic mass is 9.87. The summed E-state index contributed by atoms with van der Waals surface area (Å²) in [4.78, 5) is 32.9. The molecule has 6 nitrogen and oxygen atoms in total. The monoisotopic (exact) mass is 520 g/mol. The van der Waals surface area contributed by atoms with Gasteiger partial charge < -0.3 is 10.2 Å². The van der Waals surface area contributed by atoms with Crippen molar-refractivity contribution >= 4 is 62.6 Å². The van der Waals surface area contributed by atoms with Crippen LogP contribution in [0.3, 0.4) is 0 Å². The number of nitrogens with one attached hydrogen (secondary N) is 1. The summed E-state index contributed by atoms with van der Waals surface area (Å²) < 4.78 is 15.3. The van der Waals surface area contributed by atoms with E-state index in [4.69, 9.17) is 12.2 Å². The number of para-hydroxylation sites is 1. The molecule has 4 aliphatic heterocycles. The normalized spacial score (nSPS) is 23.2. The van der Waals surface area contributed by atoms with Gasteiger partial charge in [0.25, 0.3) is 11.8 Å². The first-order valence-electron chi connectivity index (χ1n) is 11.9. The van der Waals surface area contributed by atoms with Gasteiger partial charge in [-0.05, 0) is 43.7 Å². The van der Waals surface area contributed by atoms with Gasteiger partial charge >= 0.3 is 0 Å². The van der Waals surface area contributed by atoms with Crippen LogP contribution in [0.4, 0.5) is 15.8 Å². The topological polar surface area (TPSA) is 55.9 Å². The molecule has 4 aliphatic rings. The molecular weight excluding hydrogens is 495 g/mol. The number of hydrogen-bond acceptors (Lipinski definition) is 6. The predicted octanol–water partition coefficient (Wildman–Crippen LogP) is 4.03. The third-order valence-electron chi connectivity index (χ3n) is 7.17. The number of thiocarbonyl (C=S) groups is 1. The van der Waals surface area contributed by atoms with E-state index in [1.165, 1.54) is 17.8 Å². The summed E-state index contributed by atoms with van der Waals surface area (Å²) in [6.07, 6.45) is 2.07. The minimum atomic E-state index is -0.638. The zero-order valence-electron chi connectivity index (χ0n) is 20.0. The number of benzene rings is 2. The summed E-state index contributed by atoms with van der Waals surface area (Å²) in [7, 11) is 0. The van der Waals surface area contributed by atoms with Crippen LogP contribution in [0.25, 0.3) is 11.1 Å². The Bertz CT molecular complexity index is 1380. The molecule has 2 amide bonds. The maximum atomic E-state index is 15.0. The maximum absolute atomic E-state index is 15.0. The molecule has 0 spiro atoms. The number of halogens is 1. The van der Waals surface area contributed by atoms with Gasteiger partial charge in [-0.2, -0.15) is 0 Å². The van der Waals surface area contributed by atoms with Gasteiger partial charge in [0.1, 0.15) is 10.1 Å². The minimum absolute atomic E-state index is 0.229. The second-order valence-corrected chi connectivity index (χ2v) is 11.6. The van der Waals surface area contributed by atoms with E-state index in [0.29, 0.717) is 27.7 Å². The SMILES string of the molecule is CC1(C)C=C(CN2CCN(c3ccccc3)CC2)c2cc(F)cc3c2N1C(=O)/C3=C1\SC(=S)NC1=O. The molecule has 2 aromatic carbocycles. The molecule has 2 fully saturated rings. The van der Waals surface area contributed by atoms with Crippen molar-refractivity contribution < 1.29 is 14.0 Å². The largest absolute Gasteiger partial charge is 0.369 e. The molecule has 0 atom stereocenters. The van der Waals surface area contributed by atoms with Gasteiger partial charge in [-0.1, -0.05) is 48.3 Å². The molecule has 1 N–H and O–H groups in total. The predicted molar refractivity (Wildman–Crippen MR) is 146 cm³/mol. The van der Waals surface area contributed by atoms with Crippen molar-refractivity contribution in [3.05, 3.63) is 70.4 Å². The summed E-state index contributed by atoms with van der Waals surface area (Å²) in [6, 6.07) is 13.3. The molecule has 9 heteroatoms. The molecule has 184 valence electrons. The highest BCUT2D eigenvalue weighted by atomic mass is 32.2. The van der Waals surface area contributed by atoms with Crippen LogP contribution in [0.15, 0.2) is 53.4 Å². The second-order valence-electron chi connectivity index (χ2n) is 9.96. The second kappa shape index (κ2) is 8.54. The molecular formula is C27H25FN4O2S2. The van der Waals surface area contributed by atoms with Crippen molar-refractivity contribution in [3.8, 4) is 0 Å². The average Bonchev–Trinajstić information content (AvgIpc) is 3.33. The summed E-state index contributed by atoms with van der Waals surface area (Å²) in [5.41, 5.74) is 3.67. The fraction of sp³-hybridized carbons (Fsp3) is 0.296. The van der Waals surface area contributed by atoms with E-state index in [1.807, 2.05) is 19.9 Å². The van der Waals surface area contributed by atoms with E-state index in [2.05, 4.69) is 45.5 Å². The number of thioether (sulfide) groups is 1. The number of carbonyl (C=O) groups excluding carboxylic acids is 2. The fourth-order valence-corrected chi connectivity index (χ4v) is 6.71. The van der Waals surface area contributed by atoms with Gasteiger partial charge in [-0.15, -0.1) is 0 Å². The number of anilines is 2. The van der Waals surface area contributed by atoms with Crippen molar-refractivity contribution in [1.82, 2.24) is 10.2 Å². The van der Waals surface area contributed by atoms with E-state index in [0.717, 1.165) is 43.5 Å². The van der Waals surface area contributed by atoms with Gasteiger partial charge in [0, 0.05) is 49.5 Å². The van der Waals surface area contributed by atoms with Crippen LogP contribution in [0.5, 0.6) is 0 Å². The molecule has 0 unspecified atom stereocenters. The van der Waals surface area contributed by atoms with Gasteiger partial charge in [0.15, 0.2) is 0 Å². The highest BCUT2D eigenvalue weighted by Crippen LogP contribution is 2.51. The van der Waals surface area contributed by atoms with E-state index in [9.17, 15) is 14.0 Å². The number of amides is 2. The molecule has 2 aromatic rings. The zero-order chi connectivity index (χ0) is 25.2. The first kappa shape index (κ1) is 23.4. The maximum Gasteiger partial charge on any atom is 0.264 e. The Morgan fingerprint density at radius 3 is 2.42 bits per heavy atom. The third-order valence-corrected chi connectivity index (χ3v) is 8.40. The van der Waals surface area contributed by atoms with E-state index < -0.39 is 17.3 Å². The lowest BCUT2D eigenvalue weighted by Crippen LogP contribution is -2.49. The molecule has 0 bridgehead atoms. The lowest BCUT2D eigenvalue weighted by Gasteiger charge is -2.41. The van der Waals surface area contributed by atoms with E-state index in [1.54, 1.807) is 4.90 Å². The van der Waals surface area contributed by atoms with E-state index >= 15 is 0 Å². The summed E-state index contributed by atoms with van der Waals surface area (Å²) in [6.45, 7) is 8.22. The summed E-state index contributed by atoms with van der Waals surface area (Å²) in [5, 5.41) is 2.58.